The van der Waals surface area contributed by atoms with E-state index in [2.05, 4.69) is 58.5 Å². The van der Waals surface area contributed by atoms with Crippen molar-refractivity contribution in [3.05, 3.63) is 42.6 Å². The Labute approximate surface area is 177 Å². The summed E-state index contributed by atoms with van der Waals surface area (Å²) in [6.45, 7) is 4.94. The van der Waals surface area contributed by atoms with Gasteiger partial charge in [0.1, 0.15) is 5.75 Å². The highest BCUT2D eigenvalue weighted by atomic mass is 16.5. The summed E-state index contributed by atoms with van der Waals surface area (Å²) in [5, 5.41) is 5.65. The van der Waals surface area contributed by atoms with Crippen LogP contribution in [0.15, 0.2) is 42.6 Å². The number of rotatable bonds is 7. The van der Waals surface area contributed by atoms with Gasteiger partial charge in [0.25, 0.3) is 0 Å². The first-order valence-electron chi connectivity index (χ1n) is 10.3. The van der Waals surface area contributed by atoms with E-state index in [1.807, 2.05) is 18.3 Å². The molecule has 2 heterocycles. The molecule has 1 fully saturated rings. The molecule has 158 valence electrons. The van der Waals surface area contributed by atoms with E-state index >= 15 is 0 Å². The first kappa shape index (κ1) is 20.4. The lowest BCUT2D eigenvalue weighted by molar-refractivity contribution is 0.123. The molecular weight excluding hydrogens is 378 g/mol. The summed E-state index contributed by atoms with van der Waals surface area (Å²) in [6, 6.07) is 12.6. The van der Waals surface area contributed by atoms with Gasteiger partial charge in [-0.25, -0.2) is 9.97 Å². The van der Waals surface area contributed by atoms with E-state index in [1.54, 1.807) is 7.11 Å². The van der Waals surface area contributed by atoms with Crippen molar-refractivity contribution < 1.29 is 9.47 Å². The summed E-state index contributed by atoms with van der Waals surface area (Å²) in [5.74, 6) is 1.51. The Morgan fingerprint density at radius 2 is 1.97 bits per heavy atom. The average Bonchev–Trinajstić information content (AvgIpc) is 2.78. The van der Waals surface area contributed by atoms with Gasteiger partial charge in [-0.05, 0) is 49.8 Å². The van der Waals surface area contributed by atoms with E-state index in [1.165, 1.54) is 11.1 Å². The molecule has 0 aliphatic carbocycles. The van der Waals surface area contributed by atoms with Crippen LogP contribution in [-0.4, -0.2) is 75.5 Å². The number of benzene rings is 2. The number of methoxy groups -OCH3 is 1. The predicted octanol–water partition coefficient (Wildman–Crippen LogP) is 3.12. The average molecular weight is 408 g/mol. The van der Waals surface area contributed by atoms with E-state index in [9.17, 15) is 0 Å². The smallest absolute Gasteiger partial charge is 0.223 e. The molecule has 0 amide bonds. The van der Waals surface area contributed by atoms with Gasteiger partial charge in [-0.2, -0.15) is 0 Å². The molecular formula is C23H29N5O2. The van der Waals surface area contributed by atoms with E-state index < -0.39 is 0 Å². The number of anilines is 2. The van der Waals surface area contributed by atoms with Crippen LogP contribution in [0.5, 0.6) is 5.75 Å². The van der Waals surface area contributed by atoms with Gasteiger partial charge in [-0.3, -0.25) is 0 Å². The highest BCUT2D eigenvalue weighted by Gasteiger charge is 2.17. The molecule has 1 N–H and O–H groups in total. The van der Waals surface area contributed by atoms with Gasteiger partial charge in [0.15, 0.2) is 0 Å². The molecule has 0 unspecified atom stereocenters. The molecule has 1 aliphatic rings. The number of nitrogens with zero attached hydrogens (tertiary/aromatic N) is 4. The van der Waals surface area contributed by atoms with Crippen molar-refractivity contribution >= 4 is 22.4 Å². The SMILES string of the molecule is COc1ccc2cc(-c3ccnc(NCCN(C)C)n3)cc(N3CCOCC3)c2c1. The third-order valence-corrected chi connectivity index (χ3v) is 5.28. The Hall–Kier alpha value is -2.90. The van der Waals surface area contributed by atoms with E-state index in [-0.39, 0.29) is 0 Å². The standard InChI is InChI=1S/C23H29N5O2/c1-27(2)9-8-25-23-24-7-6-21(26-23)18-14-17-4-5-19(29-3)16-20(17)22(15-18)28-10-12-30-13-11-28/h4-7,14-16H,8-13H2,1-3H3,(H,24,25,26). The number of ether oxygens (including phenoxy) is 2. The fourth-order valence-corrected chi connectivity index (χ4v) is 3.65. The number of morpholine rings is 1. The molecule has 1 aromatic heterocycles. The summed E-state index contributed by atoms with van der Waals surface area (Å²) < 4.78 is 11.0. The van der Waals surface area contributed by atoms with Gasteiger partial charge in [-0.15, -0.1) is 0 Å². The second-order valence-corrected chi connectivity index (χ2v) is 7.68. The van der Waals surface area contributed by atoms with Crippen LogP contribution in [0.25, 0.3) is 22.0 Å². The Balaban J connectivity index is 1.72. The van der Waals surface area contributed by atoms with Gasteiger partial charge in [0, 0.05) is 49.0 Å². The summed E-state index contributed by atoms with van der Waals surface area (Å²) >= 11 is 0. The third kappa shape index (κ3) is 4.63. The number of hydrogen-bond acceptors (Lipinski definition) is 7. The maximum atomic E-state index is 5.56. The van der Waals surface area contributed by atoms with Gasteiger partial charge < -0.3 is 24.6 Å². The van der Waals surface area contributed by atoms with Crippen LogP contribution in [0.2, 0.25) is 0 Å². The van der Waals surface area contributed by atoms with Gasteiger partial charge >= 0.3 is 0 Å². The van der Waals surface area contributed by atoms with Crippen molar-refractivity contribution in [1.29, 1.82) is 0 Å². The second kappa shape index (κ2) is 9.28. The van der Waals surface area contributed by atoms with E-state index in [0.717, 1.165) is 61.8 Å². The zero-order valence-electron chi connectivity index (χ0n) is 17.9. The maximum absolute atomic E-state index is 5.56. The maximum Gasteiger partial charge on any atom is 0.223 e. The largest absolute Gasteiger partial charge is 0.497 e. The topological polar surface area (TPSA) is 62.8 Å². The zero-order valence-corrected chi connectivity index (χ0v) is 17.9. The highest BCUT2D eigenvalue weighted by Crippen LogP contribution is 2.35. The fraction of sp³-hybridized carbons (Fsp3) is 0.391. The summed E-state index contributed by atoms with van der Waals surface area (Å²) in [6.07, 6.45) is 1.81. The van der Waals surface area contributed by atoms with Crippen LogP contribution in [-0.2, 0) is 4.74 Å². The number of nitrogens with one attached hydrogen (secondary N) is 1. The molecule has 4 rings (SSSR count). The normalized spacial score (nSPS) is 14.3. The molecule has 0 spiro atoms. The fourth-order valence-electron chi connectivity index (χ4n) is 3.65. The Morgan fingerprint density at radius 1 is 1.13 bits per heavy atom. The predicted molar refractivity (Wildman–Crippen MR) is 122 cm³/mol. The molecule has 7 nitrogen and oxygen atoms in total. The van der Waals surface area contributed by atoms with Gasteiger partial charge in [0.05, 0.1) is 26.0 Å². The second-order valence-electron chi connectivity index (χ2n) is 7.68. The van der Waals surface area contributed by atoms with Crippen LogP contribution in [0.1, 0.15) is 0 Å². The van der Waals surface area contributed by atoms with Crippen molar-refractivity contribution in [2.45, 2.75) is 0 Å². The number of hydrogen-bond donors (Lipinski definition) is 1. The molecule has 0 saturated carbocycles. The van der Waals surface area contributed by atoms with Crippen LogP contribution in [0, 0.1) is 0 Å². The first-order valence-corrected chi connectivity index (χ1v) is 10.3. The Morgan fingerprint density at radius 3 is 2.73 bits per heavy atom. The van der Waals surface area contributed by atoms with E-state index in [0.29, 0.717) is 5.95 Å². The van der Waals surface area contributed by atoms with Gasteiger partial charge in [0.2, 0.25) is 5.95 Å². The van der Waals surface area contributed by atoms with Crippen LogP contribution in [0.4, 0.5) is 11.6 Å². The van der Waals surface area contributed by atoms with Crippen molar-refractivity contribution in [2.24, 2.45) is 0 Å². The monoisotopic (exact) mass is 407 g/mol. The molecule has 1 saturated heterocycles. The minimum atomic E-state index is 0.650. The molecule has 30 heavy (non-hydrogen) atoms. The summed E-state index contributed by atoms with van der Waals surface area (Å²) in [7, 11) is 5.81. The minimum absolute atomic E-state index is 0.650. The van der Waals surface area contributed by atoms with Crippen molar-refractivity contribution in [3.63, 3.8) is 0 Å². The molecule has 0 bridgehead atoms. The summed E-state index contributed by atoms with van der Waals surface area (Å²) in [4.78, 5) is 13.6. The lowest BCUT2D eigenvalue weighted by Crippen LogP contribution is -2.36. The Kier molecular flexibility index (Phi) is 6.30. The Bertz CT molecular complexity index is 1000. The molecule has 2 aromatic carbocycles. The van der Waals surface area contributed by atoms with Crippen molar-refractivity contribution in [2.75, 3.05) is 70.8 Å². The number of aromatic nitrogens is 2. The first-order chi connectivity index (χ1) is 14.6. The molecule has 1 aliphatic heterocycles. The van der Waals surface area contributed by atoms with Crippen molar-refractivity contribution in [1.82, 2.24) is 14.9 Å². The number of fused-ring (bicyclic) bond motifs is 1. The molecule has 0 radical (unpaired) electrons. The number of likely N-dealkylation sites (N-methyl/N-ethyl adjacent to an activating group) is 1. The quantitative estimate of drug-likeness (QED) is 0.646. The van der Waals surface area contributed by atoms with Crippen LogP contribution in [0.3, 0.4) is 0 Å². The van der Waals surface area contributed by atoms with Crippen LogP contribution >= 0.6 is 0 Å². The van der Waals surface area contributed by atoms with Gasteiger partial charge in [-0.1, -0.05) is 6.07 Å². The lowest BCUT2D eigenvalue weighted by Gasteiger charge is -2.30. The highest BCUT2D eigenvalue weighted by molar-refractivity contribution is 5.98. The molecule has 3 aromatic rings. The van der Waals surface area contributed by atoms with Crippen LogP contribution < -0.4 is 15.0 Å². The molecule has 0 atom stereocenters. The third-order valence-electron chi connectivity index (χ3n) is 5.28. The summed E-state index contributed by atoms with van der Waals surface area (Å²) in [5.41, 5.74) is 3.17. The van der Waals surface area contributed by atoms with E-state index in [4.69, 9.17) is 14.5 Å². The van der Waals surface area contributed by atoms with Crippen molar-refractivity contribution in [3.8, 4) is 17.0 Å². The molecule has 7 heteroatoms. The lowest BCUT2D eigenvalue weighted by atomic mass is 10.0. The zero-order chi connectivity index (χ0) is 20.9. The minimum Gasteiger partial charge on any atom is -0.497 e.